The lowest BCUT2D eigenvalue weighted by Crippen LogP contribution is -2.49. The Hall–Kier alpha value is -2.94. The number of aliphatic hydroxyl groups is 1. The molecule has 2 aromatic carbocycles. The van der Waals surface area contributed by atoms with Crippen molar-refractivity contribution < 1.29 is 50.6 Å². The van der Waals surface area contributed by atoms with E-state index in [1.54, 1.807) is 6.26 Å². The van der Waals surface area contributed by atoms with E-state index in [2.05, 4.69) is 9.46 Å². The van der Waals surface area contributed by atoms with Gasteiger partial charge in [0.2, 0.25) is 0 Å². The molecule has 2 N–H and O–H groups in total. The van der Waals surface area contributed by atoms with E-state index in [0.29, 0.717) is 10.7 Å². The lowest BCUT2D eigenvalue weighted by molar-refractivity contribution is -0.253. The van der Waals surface area contributed by atoms with Crippen LogP contribution < -0.4 is 14.4 Å². The minimum Gasteiger partial charge on any atom is -0.435 e. The van der Waals surface area contributed by atoms with Crippen LogP contribution in [-0.2, 0) is 19.6 Å². The van der Waals surface area contributed by atoms with E-state index < -0.39 is 52.0 Å². The van der Waals surface area contributed by atoms with Crippen LogP contribution in [0.15, 0.2) is 42.5 Å². The van der Waals surface area contributed by atoms with Gasteiger partial charge in [0, 0.05) is 29.2 Å². The molecule has 2 aliphatic heterocycles. The van der Waals surface area contributed by atoms with Crippen LogP contribution >= 0.6 is 10.5 Å². The molecule has 2 atom stereocenters. The molecule has 34 heavy (non-hydrogen) atoms. The number of carbonyl (C=O) groups excluding carboxylic acids is 2. The van der Waals surface area contributed by atoms with Gasteiger partial charge in [-0.1, -0.05) is 6.07 Å². The molecule has 4 rings (SSSR count). The fraction of sp³-hybridized carbons (Fsp3) is 0.300. The number of rotatable bonds is 5. The van der Waals surface area contributed by atoms with Crippen LogP contribution in [0.3, 0.4) is 0 Å². The average Bonchev–Trinajstić information content (AvgIpc) is 3.27. The molecule has 0 aliphatic carbocycles. The van der Waals surface area contributed by atoms with Crippen molar-refractivity contribution in [3.05, 3.63) is 53.6 Å². The summed E-state index contributed by atoms with van der Waals surface area (Å²) in [7, 11) is -2.16. The molecule has 0 bridgehead atoms. The molecular weight excluding hydrogens is 491 g/mol. The fourth-order valence-electron chi connectivity index (χ4n) is 3.57. The van der Waals surface area contributed by atoms with Gasteiger partial charge in [-0.3, -0.25) is 19.2 Å². The van der Waals surface area contributed by atoms with Crippen molar-refractivity contribution in [2.24, 2.45) is 0 Å². The summed E-state index contributed by atoms with van der Waals surface area (Å²) < 4.78 is 78.9. The zero-order chi connectivity index (χ0) is 24.9. The largest absolute Gasteiger partial charge is 0.435 e. The maximum atomic E-state index is 14.0. The van der Waals surface area contributed by atoms with Gasteiger partial charge in [0.1, 0.15) is 5.75 Å². The molecule has 2 aromatic rings. The summed E-state index contributed by atoms with van der Waals surface area (Å²) in [6.07, 6.45) is -3.88. The zero-order valence-corrected chi connectivity index (χ0v) is 18.1. The molecule has 0 aromatic heterocycles. The van der Waals surface area contributed by atoms with E-state index in [1.165, 1.54) is 12.1 Å². The zero-order valence-electron chi connectivity index (χ0n) is 17.3. The molecule has 0 saturated carbocycles. The third-order valence-corrected chi connectivity index (χ3v) is 7.14. The number of carbonyl (C=O) groups is 2. The van der Waals surface area contributed by atoms with Crippen LogP contribution in [-0.4, -0.2) is 48.3 Å². The number of benzene rings is 2. The minimum atomic E-state index is -5.46. The summed E-state index contributed by atoms with van der Waals surface area (Å²) >= 11 is 0. The van der Waals surface area contributed by atoms with E-state index in [1.807, 2.05) is 0 Å². The summed E-state index contributed by atoms with van der Waals surface area (Å²) in [6, 6.07) is 7.40. The number of hydrogen-bond acceptors (Lipinski definition) is 6. The highest BCUT2D eigenvalue weighted by Gasteiger charge is 2.67. The number of amides is 2. The third kappa shape index (κ3) is 4.06. The van der Waals surface area contributed by atoms with Crippen molar-refractivity contribution in [1.29, 1.82) is 0 Å². The Kier molecular flexibility index (Phi) is 5.96. The van der Waals surface area contributed by atoms with Crippen molar-refractivity contribution in [2.75, 3.05) is 23.5 Å². The molecule has 1 unspecified atom stereocenters. The summed E-state index contributed by atoms with van der Waals surface area (Å²) in [5.41, 5.74) is -5.77. The standard InChI is InChI=1S/C20H17F5N2O6S/c1-34(8-7-31-33-34)26-16(28)11-5-6-15-14(9-11)19(30,20(23,24)25)17(29)27(15)12-3-2-4-13(10-12)32-18(21)22/h2-6,9-10,18,30H,7-8H2,1H3,(H,26,28)/t19-/m0/s1. The molecule has 8 nitrogen and oxygen atoms in total. The van der Waals surface area contributed by atoms with Gasteiger partial charge in [0.25, 0.3) is 17.4 Å². The molecule has 0 spiro atoms. The number of ether oxygens (including phenoxy) is 1. The number of fused-ring (bicyclic) bond motifs is 1. The minimum absolute atomic E-state index is 0.224. The predicted molar refractivity (Wildman–Crippen MR) is 109 cm³/mol. The Morgan fingerprint density at radius 1 is 1.26 bits per heavy atom. The Morgan fingerprint density at radius 2 is 2.00 bits per heavy atom. The molecule has 1 fully saturated rings. The fourth-order valence-corrected chi connectivity index (χ4v) is 4.95. The second-order valence-electron chi connectivity index (χ2n) is 7.49. The third-order valence-electron chi connectivity index (χ3n) is 5.18. The first-order valence-corrected chi connectivity index (χ1v) is 11.7. The van der Waals surface area contributed by atoms with Gasteiger partial charge in [-0.2, -0.15) is 26.3 Å². The van der Waals surface area contributed by atoms with Gasteiger partial charge < -0.3 is 9.84 Å². The van der Waals surface area contributed by atoms with Crippen LogP contribution in [0.4, 0.5) is 33.3 Å². The van der Waals surface area contributed by atoms with Crippen LogP contribution in [0, 0.1) is 0 Å². The Balaban J connectivity index is 1.78. The highest BCUT2D eigenvalue weighted by Crippen LogP contribution is 2.52. The topological polar surface area (TPSA) is 97.3 Å². The molecule has 14 heteroatoms. The number of nitrogens with one attached hydrogen (secondary N) is 1. The number of hydrogen-bond donors (Lipinski definition) is 2. The normalized spacial score (nSPS) is 26.4. The lowest BCUT2D eigenvalue weighted by Gasteiger charge is -2.27. The molecule has 2 amide bonds. The Morgan fingerprint density at radius 3 is 2.62 bits per heavy atom. The van der Waals surface area contributed by atoms with Crippen molar-refractivity contribution in [1.82, 2.24) is 4.72 Å². The van der Waals surface area contributed by atoms with Crippen molar-refractivity contribution in [3.63, 3.8) is 0 Å². The van der Waals surface area contributed by atoms with Crippen LogP contribution in [0.5, 0.6) is 5.75 Å². The van der Waals surface area contributed by atoms with Crippen molar-refractivity contribution in [3.8, 4) is 5.75 Å². The highest BCUT2D eigenvalue weighted by atomic mass is 32.3. The summed E-state index contributed by atoms with van der Waals surface area (Å²) in [6.45, 7) is -2.98. The van der Waals surface area contributed by atoms with Crippen LogP contribution in [0.2, 0.25) is 0 Å². The summed E-state index contributed by atoms with van der Waals surface area (Å²) in [5, 5.41) is 10.6. The van der Waals surface area contributed by atoms with Gasteiger partial charge in [0.15, 0.2) is 0 Å². The van der Waals surface area contributed by atoms with Gasteiger partial charge in [-0.15, -0.1) is 0 Å². The molecular formula is C20H17F5N2O6S. The number of halogens is 5. The first-order valence-electron chi connectivity index (χ1n) is 9.58. The lowest BCUT2D eigenvalue weighted by atomic mass is 9.93. The molecule has 0 radical (unpaired) electrons. The van der Waals surface area contributed by atoms with E-state index >= 15 is 0 Å². The summed E-state index contributed by atoms with van der Waals surface area (Å²) in [4.78, 5) is 30.9. The van der Waals surface area contributed by atoms with E-state index in [9.17, 15) is 36.6 Å². The van der Waals surface area contributed by atoms with Gasteiger partial charge in [-0.05, 0) is 40.8 Å². The van der Waals surface area contributed by atoms with E-state index in [0.717, 1.165) is 30.3 Å². The maximum Gasteiger partial charge on any atom is 0.430 e. The molecule has 2 aliphatic rings. The van der Waals surface area contributed by atoms with Crippen molar-refractivity contribution >= 4 is 33.7 Å². The molecule has 1 saturated heterocycles. The maximum absolute atomic E-state index is 14.0. The number of anilines is 2. The van der Waals surface area contributed by atoms with Crippen LogP contribution in [0.1, 0.15) is 15.9 Å². The Bertz CT molecular complexity index is 1140. The summed E-state index contributed by atoms with van der Waals surface area (Å²) in [5.74, 6) is -2.63. The number of nitrogens with zero attached hydrogens (tertiary/aromatic N) is 1. The average molecular weight is 508 g/mol. The smallest absolute Gasteiger partial charge is 0.430 e. The quantitative estimate of drug-likeness (QED) is 0.473. The van der Waals surface area contributed by atoms with Crippen LogP contribution in [0.25, 0.3) is 0 Å². The number of alkyl halides is 5. The predicted octanol–water partition coefficient (Wildman–Crippen LogP) is 3.67. The first-order chi connectivity index (χ1) is 15.9. The molecule has 2 heterocycles. The second kappa shape index (κ2) is 8.37. The highest BCUT2D eigenvalue weighted by molar-refractivity contribution is 8.28. The van der Waals surface area contributed by atoms with Gasteiger partial charge in [0.05, 0.1) is 18.0 Å². The first kappa shape index (κ1) is 24.2. The monoisotopic (exact) mass is 508 g/mol. The van der Waals surface area contributed by atoms with E-state index in [4.69, 9.17) is 9.22 Å². The van der Waals surface area contributed by atoms with Gasteiger partial charge >= 0.3 is 12.8 Å². The Labute approximate surface area is 190 Å². The SMILES string of the molecule is CS1(NC(=O)c2ccc3c(c2)[C@@](O)(C(F)(F)F)C(=O)N3c2cccc(OC(F)F)c2)CCOO1. The van der Waals surface area contributed by atoms with Gasteiger partial charge in [-0.25, -0.2) is 4.89 Å². The van der Waals surface area contributed by atoms with Crippen molar-refractivity contribution in [2.45, 2.75) is 18.4 Å². The van der Waals surface area contributed by atoms with E-state index in [-0.39, 0.29) is 23.5 Å². The second-order valence-corrected chi connectivity index (χ2v) is 10.2. The molecule has 184 valence electrons.